The Morgan fingerprint density at radius 1 is 1.12 bits per heavy atom. The molecule has 1 aliphatic carbocycles. The normalized spacial score (nSPS) is 18.5. The van der Waals surface area contributed by atoms with E-state index in [0.29, 0.717) is 5.92 Å². The van der Waals surface area contributed by atoms with E-state index >= 15 is 0 Å². The molecule has 1 saturated carbocycles. The average molecular weight is 272 g/mol. The number of halogens is 1. The van der Waals surface area contributed by atoms with Crippen molar-refractivity contribution >= 4 is 24.2 Å². The molecule has 96 valence electrons. The van der Waals surface area contributed by atoms with E-state index in [1.165, 1.54) is 42.6 Å². The number of thioether (sulfide) groups is 1. The van der Waals surface area contributed by atoms with Crippen molar-refractivity contribution < 1.29 is 0 Å². The lowest BCUT2D eigenvalue weighted by Gasteiger charge is -2.27. The standard InChI is InChI=1S/C14H21NS.ClH/c1-16-13-9-7-12(8-10-13)14(15)11-5-3-2-4-6-11;/h7-11,14H,2-6,15H2,1H3;1H/t14-;/m1./s1. The molecule has 2 N–H and O–H groups in total. The summed E-state index contributed by atoms with van der Waals surface area (Å²) in [5, 5.41) is 0. The maximum atomic E-state index is 6.35. The van der Waals surface area contributed by atoms with Crippen LogP contribution in [0.4, 0.5) is 0 Å². The zero-order valence-corrected chi connectivity index (χ0v) is 12.0. The number of nitrogens with two attached hydrogens (primary N) is 1. The van der Waals surface area contributed by atoms with Crippen molar-refractivity contribution in [2.45, 2.75) is 43.0 Å². The molecule has 1 aromatic rings. The SMILES string of the molecule is CSc1ccc([C@H](N)C2CCCCC2)cc1.Cl. The highest BCUT2D eigenvalue weighted by molar-refractivity contribution is 7.98. The third-order valence-electron chi connectivity index (χ3n) is 3.66. The van der Waals surface area contributed by atoms with Gasteiger partial charge in [0.05, 0.1) is 0 Å². The van der Waals surface area contributed by atoms with Crippen molar-refractivity contribution in [1.82, 2.24) is 0 Å². The van der Waals surface area contributed by atoms with Crippen molar-refractivity contribution in [1.29, 1.82) is 0 Å². The molecule has 0 bridgehead atoms. The minimum absolute atomic E-state index is 0. The second-order valence-electron chi connectivity index (χ2n) is 4.70. The van der Waals surface area contributed by atoms with Crippen LogP contribution in [0, 0.1) is 5.92 Å². The Labute approximate surface area is 115 Å². The Kier molecular flexibility index (Phi) is 6.39. The molecule has 0 unspecified atom stereocenters. The molecule has 1 aliphatic rings. The Hall–Kier alpha value is -0.180. The number of rotatable bonds is 3. The summed E-state index contributed by atoms with van der Waals surface area (Å²) in [4.78, 5) is 1.32. The highest BCUT2D eigenvalue weighted by Gasteiger charge is 2.21. The number of hydrogen-bond acceptors (Lipinski definition) is 2. The second-order valence-corrected chi connectivity index (χ2v) is 5.58. The summed E-state index contributed by atoms with van der Waals surface area (Å²) >= 11 is 1.78. The van der Waals surface area contributed by atoms with Crippen molar-refractivity contribution in [3.05, 3.63) is 29.8 Å². The number of benzene rings is 1. The zero-order chi connectivity index (χ0) is 11.4. The fourth-order valence-corrected chi connectivity index (χ4v) is 3.00. The molecular formula is C14H22ClNS. The van der Waals surface area contributed by atoms with Gasteiger partial charge in [0.15, 0.2) is 0 Å². The van der Waals surface area contributed by atoms with Crippen LogP contribution in [0.2, 0.25) is 0 Å². The molecule has 2 rings (SSSR count). The largest absolute Gasteiger partial charge is 0.324 e. The van der Waals surface area contributed by atoms with Gasteiger partial charge in [-0.2, -0.15) is 0 Å². The van der Waals surface area contributed by atoms with E-state index in [1.54, 1.807) is 11.8 Å². The van der Waals surface area contributed by atoms with Crippen LogP contribution in [0.15, 0.2) is 29.2 Å². The first kappa shape index (κ1) is 14.9. The molecule has 0 heterocycles. The van der Waals surface area contributed by atoms with E-state index in [0.717, 1.165) is 0 Å². The van der Waals surface area contributed by atoms with Gasteiger partial charge in [0.25, 0.3) is 0 Å². The summed E-state index contributed by atoms with van der Waals surface area (Å²) in [5.41, 5.74) is 7.66. The van der Waals surface area contributed by atoms with Crippen LogP contribution in [0.25, 0.3) is 0 Å². The van der Waals surface area contributed by atoms with Crippen LogP contribution in [0.3, 0.4) is 0 Å². The topological polar surface area (TPSA) is 26.0 Å². The van der Waals surface area contributed by atoms with Crippen molar-refractivity contribution in [2.75, 3.05) is 6.26 Å². The number of hydrogen-bond donors (Lipinski definition) is 1. The van der Waals surface area contributed by atoms with Crippen LogP contribution in [0.1, 0.15) is 43.7 Å². The van der Waals surface area contributed by atoms with Gasteiger partial charge >= 0.3 is 0 Å². The molecule has 1 atom stereocenters. The van der Waals surface area contributed by atoms with E-state index in [1.807, 2.05) is 0 Å². The molecule has 1 nitrogen and oxygen atoms in total. The summed E-state index contributed by atoms with van der Waals surface area (Å²) in [6.45, 7) is 0. The van der Waals surface area contributed by atoms with Gasteiger partial charge in [-0.25, -0.2) is 0 Å². The maximum Gasteiger partial charge on any atom is 0.0323 e. The monoisotopic (exact) mass is 271 g/mol. The Morgan fingerprint density at radius 2 is 1.71 bits per heavy atom. The van der Waals surface area contributed by atoms with Crippen LogP contribution in [-0.2, 0) is 0 Å². The summed E-state index contributed by atoms with van der Waals surface area (Å²) in [6, 6.07) is 9.01. The minimum Gasteiger partial charge on any atom is -0.324 e. The third kappa shape index (κ3) is 3.90. The predicted octanol–water partition coefficient (Wildman–Crippen LogP) is 4.41. The quantitative estimate of drug-likeness (QED) is 0.824. The van der Waals surface area contributed by atoms with Crippen molar-refractivity contribution in [2.24, 2.45) is 11.7 Å². The average Bonchev–Trinajstić information content (AvgIpc) is 2.39. The van der Waals surface area contributed by atoms with Crippen LogP contribution < -0.4 is 5.73 Å². The highest BCUT2D eigenvalue weighted by Crippen LogP contribution is 2.33. The Balaban J connectivity index is 0.00000144. The van der Waals surface area contributed by atoms with Gasteiger partial charge in [0.2, 0.25) is 0 Å². The van der Waals surface area contributed by atoms with Gasteiger partial charge in [0, 0.05) is 10.9 Å². The molecule has 0 saturated heterocycles. The molecule has 3 heteroatoms. The third-order valence-corrected chi connectivity index (χ3v) is 4.40. The first-order valence-electron chi connectivity index (χ1n) is 6.21. The van der Waals surface area contributed by atoms with E-state index in [9.17, 15) is 0 Å². The van der Waals surface area contributed by atoms with Gasteiger partial charge in [0.1, 0.15) is 0 Å². The predicted molar refractivity (Wildman–Crippen MR) is 79.0 cm³/mol. The van der Waals surface area contributed by atoms with Gasteiger partial charge in [-0.3, -0.25) is 0 Å². The van der Waals surface area contributed by atoms with Crippen molar-refractivity contribution in [3.63, 3.8) is 0 Å². The van der Waals surface area contributed by atoms with E-state index in [4.69, 9.17) is 5.73 Å². The fraction of sp³-hybridized carbons (Fsp3) is 0.571. The molecule has 0 aliphatic heterocycles. The lowest BCUT2D eigenvalue weighted by molar-refractivity contribution is 0.308. The summed E-state index contributed by atoms with van der Waals surface area (Å²) in [6.07, 6.45) is 8.85. The molecule has 0 aromatic heterocycles. The maximum absolute atomic E-state index is 6.35. The first-order chi connectivity index (χ1) is 7.81. The highest BCUT2D eigenvalue weighted by atomic mass is 35.5. The molecule has 1 fully saturated rings. The van der Waals surface area contributed by atoms with Crippen LogP contribution in [0.5, 0.6) is 0 Å². The molecule has 17 heavy (non-hydrogen) atoms. The summed E-state index contributed by atoms with van der Waals surface area (Å²) in [5.74, 6) is 0.703. The Morgan fingerprint density at radius 3 is 2.24 bits per heavy atom. The van der Waals surface area contributed by atoms with E-state index in [2.05, 4.69) is 30.5 Å². The molecule has 0 amide bonds. The van der Waals surface area contributed by atoms with Gasteiger partial charge in [-0.15, -0.1) is 24.2 Å². The zero-order valence-electron chi connectivity index (χ0n) is 10.4. The van der Waals surface area contributed by atoms with Gasteiger partial charge < -0.3 is 5.73 Å². The second kappa shape index (κ2) is 7.30. The molecule has 1 aromatic carbocycles. The van der Waals surface area contributed by atoms with E-state index in [-0.39, 0.29) is 18.4 Å². The van der Waals surface area contributed by atoms with Gasteiger partial charge in [-0.1, -0.05) is 31.4 Å². The van der Waals surface area contributed by atoms with Crippen LogP contribution in [-0.4, -0.2) is 6.26 Å². The lowest BCUT2D eigenvalue weighted by Crippen LogP contribution is -2.23. The fourth-order valence-electron chi connectivity index (χ4n) is 2.59. The molecule has 0 spiro atoms. The first-order valence-corrected chi connectivity index (χ1v) is 7.43. The van der Waals surface area contributed by atoms with Crippen LogP contribution >= 0.6 is 24.2 Å². The molecular weight excluding hydrogens is 250 g/mol. The van der Waals surface area contributed by atoms with E-state index < -0.39 is 0 Å². The summed E-state index contributed by atoms with van der Waals surface area (Å²) < 4.78 is 0. The van der Waals surface area contributed by atoms with Gasteiger partial charge in [-0.05, 0) is 42.7 Å². The van der Waals surface area contributed by atoms with Crippen molar-refractivity contribution in [3.8, 4) is 0 Å². The minimum atomic E-state index is 0. The molecule has 0 radical (unpaired) electrons. The summed E-state index contributed by atoms with van der Waals surface area (Å²) in [7, 11) is 0. The lowest BCUT2D eigenvalue weighted by atomic mass is 9.81. The Bertz CT molecular complexity index is 319. The smallest absolute Gasteiger partial charge is 0.0323 e.